The summed E-state index contributed by atoms with van der Waals surface area (Å²) in [5.41, 5.74) is 0.613. The molecule has 0 bridgehead atoms. The third kappa shape index (κ3) is 6.11. The molecule has 5 aromatic rings. The highest BCUT2D eigenvalue weighted by Gasteiger charge is 2.36. The number of alkyl halides is 6. The molecule has 1 N–H and O–H groups in total. The Kier molecular flexibility index (Phi) is 7.53. The van der Waals surface area contributed by atoms with Crippen LogP contribution in [0.1, 0.15) is 64.0 Å². The first-order chi connectivity index (χ1) is 20.1. The second-order valence-corrected chi connectivity index (χ2v) is 10.5. The van der Waals surface area contributed by atoms with Crippen molar-refractivity contribution in [1.82, 2.24) is 24.4 Å². The molecular formula is C30H26F6N6O. The van der Waals surface area contributed by atoms with E-state index in [2.05, 4.69) is 20.5 Å². The molecule has 0 unspecified atom stereocenters. The first kappa shape index (κ1) is 29.8. The lowest BCUT2D eigenvalue weighted by Gasteiger charge is -2.12. The highest BCUT2D eigenvalue weighted by molar-refractivity contribution is 6.04. The van der Waals surface area contributed by atoms with Crippen molar-refractivity contribution in [1.29, 1.82) is 0 Å². The Morgan fingerprint density at radius 2 is 1.60 bits per heavy atom. The van der Waals surface area contributed by atoms with Crippen molar-refractivity contribution >= 4 is 17.2 Å². The van der Waals surface area contributed by atoms with Crippen molar-refractivity contribution < 1.29 is 31.1 Å². The van der Waals surface area contributed by atoms with Crippen molar-refractivity contribution in [2.75, 3.05) is 5.32 Å². The molecule has 0 fully saturated rings. The van der Waals surface area contributed by atoms with E-state index < -0.39 is 29.5 Å². The average molecular weight is 601 g/mol. The molecule has 43 heavy (non-hydrogen) atoms. The quantitative estimate of drug-likeness (QED) is 0.203. The van der Waals surface area contributed by atoms with Crippen LogP contribution in [0.25, 0.3) is 16.9 Å². The van der Waals surface area contributed by atoms with E-state index in [1.54, 1.807) is 26.0 Å². The fourth-order valence-electron chi connectivity index (χ4n) is 4.70. The number of hydrogen-bond acceptors (Lipinski definition) is 4. The second-order valence-electron chi connectivity index (χ2n) is 10.5. The molecule has 5 rings (SSSR count). The molecule has 0 saturated heterocycles. The van der Waals surface area contributed by atoms with Crippen LogP contribution in [0.4, 0.5) is 32.0 Å². The maximum Gasteiger partial charge on any atom is 0.433 e. The van der Waals surface area contributed by atoms with Crippen molar-refractivity contribution in [3.63, 3.8) is 0 Å². The molecule has 0 aliphatic rings. The molecule has 0 aliphatic carbocycles. The summed E-state index contributed by atoms with van der Waals surface area (Å²) in [6.07, 6.45) is -9.29. The summed E-state index contributed by atoms with van der Waals surface area (Å²) >= 11 is 0. The van der Waals surface area contributed by atoms with Gasteiger partial charge in [-0.15, -0.1) is 0 Å². The number of halogens is 6. The van der Waals surface area contributed by atoms with E-state index >= 15 is 0 Å². The summed E-state index contributed by atoms with van der Waals surface area (Å²) in [5.74, 6) is -0.558. The highest BCUT2D eigenvalue weighted by Crippen LogP contribution is 2.33. The van der Waals surface area contributed by atoms with E-state index in [0.717, 1.165) is 29.8 Å². The predicted octanol–water partition coefficient (Wildman–Crippen LogP) is 7.67. The van der Waals surface area contributed by atoms with E-state index in [1.165, 1.54) is 16.8 Å². The number of aryl methyl sites for hydroxylation is 1. The van der Waals surface area contributed by atoms with Gasteiger partial charge in [0.05, 0.1) is 34.9 Å². The average Bonchev–Trinajstić information content (AvgIpc) is 3.48. The molecule has 13 heteroatoms. The van der Waals surface area contributed by atoms with Gasteiger partial charge in [-0.05, 0) is 49.1 Å². The number of carbonyl (C=O) groups is 1. The van der Waals surface area contributed by atoms with Gasteiger partial charge in [0, 0.05) is 11.6 Å². The van der Waals surface area contributed by atoms with Crippen LogP contribution in [0.15, 0.2) is 60.7 Å². The van der Waals surface area contributed by atoms with E-state index in [0.29, 0.717) is 27.0 Å². The summed E-state index contributed by atoms with van der Waals surface area (Å²) in [5, 5.41) is 10.9. The minimum atomic E-state index is -4.79. The van der Waals surface area contributed by atoms with E-state index in [4.69, 9.17) is 0 Å². The number of amides is 1. The van der Waals surface area contributed by atoms with Gasteiger partial charge in [-0.3, -0.25) is 9.48 Å². The number of benzene rings is 2. The van der Waals surface area contributed by atoms with Gasteiger partial charge in [0.2, 0.25) is 0 Å². The first-order valence-corrected chi connectivity index (χ1v) is 13.2. The van der Waals surface area contributed by atoms with Crippen LogP contribution in [0.5, 0.6) is 0 Å². The molecule has 0 aliphatic heterocycles. The molecule has 0 atom stereocenters. The molecule has 224 valence electrons. The summed E-state index contributed by atoms with van der Waals surface area (Å²) in [4.78, 5) is 17.5. The Balaban J connectivity index is 1.45. The summed E-state index contributed by atoms with van der Waals surface area (Å²) < 4.78 is 83.6. The number of nitrogens with one attached hydrogen (secondary N) is 1. The number of nitrogens with zero attached hydrogens (tertiary/aromatic N) is 5. The van der Waals surface area contributed by atoms with Crippen molar-refractivity contribution in [2.24, 2.45) is 0 Å². The molecule has 1 amide bonds. The Bertz CT molecular complexity index is 1820. The van der Waals surface area contributed by atoms with Gasteiger partial charge in [0.15, 0.2) is 17.0 Å². The number of anilines is 1. The fourth-order valence-corrected chi connectivity index (χ4v) is 4.70. The zero-order valence-corrected chi connectivity index (χ0v) is 23.5. The molecule has 0 spiro atoms. The first-order valence-electron chi connectivity index (χ1n) is 13.2. The largest absolute Gasteiger partial charge is 0.433 e. The normalized spacial score (nSPS) is 12.3. The highest BCUT2D eigenvalue weighted by atomic mass is 19.4. The van der Waals surface area contributed by atoms with Crippen LogP contribution < -0.4 is 5.32 Å². The standard InChI is InChI=1S/C30H26F6N6O/c1-16(2)20-8-10-21(11-9-20)23-13-25(30(34,35)36)42-26(37-23)14-24(40-42)28(43)38-27-17(3)39-41(18(27)4)15-19-6-5-7-22(12-19)29(31,32)33/h5-14,16H,15H2,1-4H3,(H,38,43). The zero-order chi connectivity index (χ0) is 31.3. The van der Waals surface area contributed by atoms with Gasteiger partial charge in [0.1, 0.15) is 0 Å². The molecule has 0 saturated carbocycles. The second kappa shape index (κ2) is 10.9. The number of carbonyl (C=O) groups excluding carboxylic acids is 1. The van der Waals surface area contributed by atoms with Gasteiger partial charge < -0.3 is 5.32 Å². The molecule has 3 heterocycles. The van der Waals surface area contributed by atoms with Crippen LogP contribution >= 0.6 is 0 Å². The SMILES string of the molecule is Cc1nn(Cc2cccc(C(F)(F)F)c2)c(C)c1NC(=O)c1cc2nc(-c3ccc(C(C)C)cc3)cc(C(F)(F)F)n2n1. The van der Waals surface area contributed by atoms with Gasteiger partial charge in [-0.25, -0.2) is 9.50 Å². The Morgan fingerprint density at radius 1 is 0.907 bits per heavy atom. The monoisotopic (exact) mass is 600 g/mol. The van der Waals surface area contributed by atoms with Crippen LogP contribution in [0.2, 0.25) is 0 Å². The van der Waals surface area contributed by atoms with E-state index in [9.17, 15) is 31.1 Å². The van der Waals surface area contributed by atoms with Gasteiger partial charge in [-0.1, -0.05) is 50.2 Å². The number of fused-ring (bicyclic) bond motifs is 1. The third-order valence-electron chi connectivity index (χ3n) is 7.03. The lowest BCUT2D eigenvalue weighted by atomic mass is 10.0. The van der Waals surface area contributed by atoms with E-state index in [1.807, 2.05) is 26.0 Å². The topological polar surface area (TPSA) is 77.1 Å². The molecule has 0 radical (unpaired) electrons. The van der Waals surface area contributed by atoms with E-state index in [-0.39, 0.29) is 35.2 Å². The molecule has 2 aromatic carbocycles. The molecule has 3 aromatic heterocycles. The maximum absolute atomic E-state index is 14.1. The lowest BCUT2D eigenvalue weighted by Crippen LogP contribution is -2.16. The van der Waals surface area contributed by atoms with Crippen molar-refractivity contribution in [2.45, 2.75) is 52.5 Å². The third-order valence-corrected chi connectivity index (χ3v) is 7.03. The van der Waals surface area contributed by atoms with Gasteiger partial charge >= 0.3 is 12.4 Å². The zero-order valence-electron chi connectivity index (χ0n) is 23.5. The molecular weight excluding hydrogens is 574 g/mol. The van der Waals surface area contributed by atoms with Crippen molar-refractivity contribution in [3.8, 4) is 11.3 Å². The Labute approximate surface area is 242 Å². The number of hydrogen-bond donors (Lipinski definition) is 1. The molecule has 7 nitrogen and oxygen atoms in total. The number of rotatable bonds is 6. The minimum Gasteiger partial charge on any atom is -0.317 e. The lowest BCUT2D eigenvalue weighted by molar-refractivity contribution is -0.142. The van der Waals surface area contributed by atoms with Gasteiger partial charge in [-0.2, -0.15) is 36.5 Å². The summed E-state index contributed by atoms with van der Waals surface area (Å²) in [6, 6.07) is 13.9. The van der Waals surface area contributed by atoms with Crippen molar-refractivity contribution in [3.05, 3.63) is 100 Å². The summed E-state index contributed by atoms with van der Waals surface area (Å²) in [6.45, 7) is 7.22. The van der Waals surface area contributed by atoms with Crippen LogP contribution in [-0.4, -0.2) is 30.3 Å². The Morgan fingerprint density at radius 3 is 2.23 bits per heavy atom. The smallest absolute Gasteiger partial charge is 0.317 e. The van der Waals surface area contributed by atoms with Crippen LogP contribution in [0, 0.1) is 13.8 Å². The van der Waals surface area contributed by atoms with Crippen LogP contribution in [0.3, 0.4) is 0 Å². The summed E-state index contributed by atoms with van der Waals surface area (Å²) in [7, 11) is 0. The number of aromatic nitrogens is 5. The minimum absolute atomic E-state index is 0.000611. The van der Waals surface area contributed by atoms with Gasteiger partial charge in [0.25, 0.3) is 5.91 Å². The maximum atomic E-state index is 14.1. The predicted molar refractivity (Wildman–Crippen MR) is 148 cm³/mol. The fraction of sp³-hybridized carbons (Fsp3) is 0.267. The van der Waals surface area contributed by atoms with Crippen LogP contribution in [-0.2, 0) is 18.9 Å². The Hall–Kier alpha value is -4.68.